The van der Waals surface area contributed by atoms with E-state index in [1.165, 1.54) is 14.0 Å². The number of imide groups is 1. The van der Waals surface area contributed by atoms with Crippen LogP contribution in [0.2, 0.25) is 0 Å². The number of hydrogen-bond donors (Lipinski definition) is 2. The molecular formula is C19H20N2O5. The van der Waals surface area contributed by atoms with Gasteiger partial charge in [-0.2, -0.15) is 0 Å². The van der Waals surface area contributed by atoms with E-state index < -0.39 is 24.0 Å². The monoisotopic (exact) mass is 356 g/mol. The summed E-state index contributed by atoms with van der Waals surface area (Å²) in [7, 11) is 1.37. The molecule has 136 valence electrons. The molecule has 7 nitrogen and oxygen atoms in total. The fourth-order valence-electron chi connectivity index (χ4n) is 2.15. The van der Waals surface area contributed by atoms with E-state index in [1.807, 2.05) is 47.8 Å². The van der Waals surface area contributed by atoms with Crippen LogP contribution in [0.15, 0.2) is 54.6 Å². The van der Waals surface area contributed by atoms with Gasteiger partial charge in [-0.15, -0.1) is 0 Å². The number of amides is 3. The first-order chi connectivity index (χ1) is 12.5. The van der Waals surface area contributed by atoms with Gasteiger partial charge in [0, 0.05) is 12.6 Å². The van der Waals surface area contributed by atoms with Crippen molar-refractivity contribution in [2.45, 2.75) is 13.0 Å². The van der Waals surface area contributed by atoms with Crippen LogP contribution >= 0.6 is 0 Å². The molecule has 26 heavy (non-hydrogen) atoms. The highest BCUT2D eigenvalue weighted by molar-refractivity contribution is 5.97. The molecule has 0 spiro atoms. The molecule has 2 N–H and O–H groups in total. The quantitative estimate of drug-likeness (QED) is 0.773. The van der Waals surface area contributed by atoms with E-state index in [0.29, 0.717) is 5.75 Å². The molecule has 0 heterocycles. The van der Waals surface area contributed by atoms with Crippen molar-refractivity contribution in [2.75, 3.05) is 13.7 Å². The van der Waals surface area contributed by atoms with Gasteiger partial charge in [0.1, 0.15) is 5.75 Å². The zero-order valence-corrected chi connectivity index (χ0v) is 14.5. The van der Waals surface area contributed by atoms with Crippen LogP contribution in [0, 0.1) is 0 Å². The van der Waals surface area contributed by atoms with Crippen LogP contribution in [-0.2, 0) is 14.3 Å². The fraction of sp³-hybridized carbons (Fsp3) is 0.211. The maximum absolute atomic E-state index is 11.9. The number of urea groups is 1. The Morgan fingerprint density at radius 1 is 1.00 bits per heavy atom. The summed E-state index contributed by atoms with van der Waals surface area (Å²) >= 11 is 0. The van der Waals surface area contributed by atoms with Gasteiger partial charge < -0.3 is 14.8 Å². The molecule has 7 heteroatoms. The first-order valence-electron chi connectivity index (χ1n) is 8.00. The minimum Gasteiger partial charge on any atom is -0.481 e. The molecule has 0 aliphatic heterocycles. The predicted octanol–water partition coefficient (Wildman–Crippen LogP) is 2.12. The highest BCUT2D eigenvalue weighted by Crippen LogP contribution is 2.29. The lowest BCUT2D eigenvalue weighted by molar-refractivity contribution is -0.156. The van der Waals surface area contributed by atoms with Gasteiger partial charge in [0.15, 0.2) is 12.7 Å². The second kappa shape index (κ2) is 9.22. The molecular weight excluding hydrogens is 336 g/mol. The summed E-state index contributed by atoms with van der Waals surface area (Å²) in [5.41, 5.74) is 1.79. The van der Waals surface area contributed by atoms with Crippen molar-refractivity contribution < 1.29 is 23.9 Å². The Hall–Kier alpha value is -3.35. The average molecular weight is 356 g/mol. The van der Waals surface area contributed by atoms with E-state index in [9.17, 15) is 14.4 Å². The van der Waals surface area contributed by atoms with Crippen molar-refractivity contribution in [3.8, 4) is 16.9 Å². The standard InChI is InChI=1S/C19H20N2O5/c1-13(18(23)21-19(24)20-2)26-17(22)12-25-16-11-7-6-10-15(16)14-8-4-3-5-9-14/h3-11,13H,12H2,1-2H3,(H2,20,21,23,24)/t13-/m0/s1. The first-order valence-corrected chi connectivity index (χ1v) is 8.00. The number of nitrogens with one attached hydrogen (secondary N) is 2. The van der Waals surface area contributed by atoms with Crippen LogP contribution in [-0.4, -0.2) is 37.7 Å². The molecule has 2 aromatic rings. The third kappa shape index (κ3) is 5.34. The molecule has 0 aliphatic carbocycles. The fourth-order valence-corrected chi connectivity index (χ4v) is 2.15. The van der Waals surface area contributed by atoms with E-state index >= 15 is 0 Å². The molecule has 3 amide bonds. The Morgan fingerprint density at radius 2 is 1.65 bits per heavy atom. The third-order valence-electron chi connectivity index (χ3n) is 3.46. The lowest BCUT2D eigenvalue weighted by Gasteiger charge is -2.14. The molecule has 0 bridgehead atoms. The number of carbonyl (C=O) groups excluding carboxylic acids is 3. The Bertz CT molecular complexity index is 777. The van der Waals surface area contributed by atoms with Crippen molar-refractivity contribution in [2.24, 2.45) is 0 Å². The van der Waals surface area contributed by atoms with Gasteiger partial charge in [0.05, 0.1) is 0 Å². The lowest BCUT2D eigenvalue weighted by Crippen LogP contribution is -2.43. The Kier molecular flexibility index (Phi) is 6.73. The molecule has 2 rings (SSSR count). The van der Waals surface area contributed by atoms with Crippen molar-refractivity contribution in [1.29, 1.82) is 0 Å². The molecule has 1 atom stereocenters. The van der Waals surface area contributed by atoms with Crippen LogP contribution < -0.4 is 15.4 Å². The van der Waals surface area contributed by atoms with Crippen LogP contribution in [0.5, 0.6) is 5.75 Å². The van der Waals surface area contributed by atoms with Gasteiger partial charge >= 0.3 is 12.0 Å². The van der Waals surface area contributed by atoms with Crippen molar-refractivity contribution in [3.63, 3.8) is 0 Å². The van der Waals surface area contributed by atoms with Gasteiger partial charge in [-0.3, -0.25) is 10.1 Å². The van der Waals surface area contributed by atoms with Crippen LogP contribution in [0.3, 0.4) is 0 Å². The summed E-state index contributed by atoms with van der Waals surface area (Å²) < 4.78 is 10.5. The summed E-state index contributed by atoms with van der Waals surface area (Å²) in [5, 5.41) is 4.27. The van der Waals surface area contributed by atoms with E-state index in [1.54, 1.807) is 12.1 Å². The van der Waals surface area contributed by atoms with Crippen LogP contribution in [0.1, 0.15) is 6.92 Å². The summed E-state index contributed by atoms with van der Waals surface area (Å²) in [6, 6.07) is 16.2. The zero-order chi connectivity index (χ0) is 18.9. The van der Waals surface area contributed by atoms with Crippen molar-refractivity contribution in [1.82, 2.24) is 10.6 Å². The minimum atomic E-state index is -1.12. The lowest BCUT2D eigenvalue weighted by atomic mass is 10.1. The predicted molar refractivity (Wildman–Crippen MR) is 95.5 cm³/mol. The zero-order valence-electron chi connectivity index (χ0n) is 14.5. The minimum absolute atomic E-state index is 0.360. The summed E-state index contributed by atoms with van der Waals surface area (Å²) in [4.78, 5) is 34.7. The Labute approximate surface area is 151 Å². The highest BCUT2D eigenvalue weighted by atomic mass is 16.6. The number of para-hydroxylation sites is 1. The molecule has 0 aromatic heterocycles. The molecule has 0 aliphatic rings. The Morgan fingerprint density at radius 3 is 2.35 bits per heavy atom. The molecule has 0 unspecified atom stereocenters. The third-order valence-corrected chi connectivity index (χ3v) is 3.46. The molecule has 0 radical (unpaired) electrons. The number of carbonyl (C=O) groups is 3. The second-order valence-corrected chi connectivity index (χ2v) is 5.35. The normalized spacial score (nSPS) is 11.2. The topological polar surface area (TPSA) is 93.7 Å². The summed E-state index contributed by atoms with van der Waals surface area (Å²) in [6.45, 7) is 1.01. The number of rotatable bonds is 6. The Balaban J connectivity index is 1.94. The summed E-state index contributed by atoms with van der Waals surface area (Å²) in [6.07, 6.45) is -1.12. The van der Waals surface area contributed by atoms with E-state index in [-0.39, 0.29) is 6.61 Å². The van der Waals surface area contributed by atoms with Crippen LogP contribution in [0.25, 0.3) is 11.1 Å². The smallest absolute Gasteiger partial charge is 0.344 e. The number of esters is 1. The molecule has 0 saturated heterocycles. The van der Waals surface area contributed by atoms with Gasteiger partial charge in [0.2, 0.25) is 0 Å². The van der Waals surface area contributed by atoms with Gasteiger partial charge in [-0.25, -0.2) is 9.59 Å². The van der Waals surface area contributed by atoms with Gasteiger partial charge in [-0.05, 0) is 18.6 Å². The second-order valence-electron chi connectivity index (χ2n) is 5.35. The van der Waals surface area contributed by atoms with Gasteiger partial charge in [0.25, 0.3) is 5.91 Å². The number of benzene rings is 2. The van der Waals surface area contributed by atoms with E-state index in [0.717, 1.165) is 11.1 Å². The van der Waals surface area contributed by atoms with Crippen molar-refractivity contribution in [3.05, 3.63) is 54.6 Å². The summed E-state index contributed by atoms with van der Waals surface area (Å²) in [5.74, 6) is -0.909. The SMILES string of the molecule is CNC(=O)NC(=O)[C@H](C)OC(=O)COc1ccccc1-c1ccccc1. The first kappa shape index (κ1) is 19.0. The van der Waals surface area contributed by atoms with Crippen molar-refractivity contribution >= 4 is 17.9 Å². The maximum Gasteiger partial charge on any atom is 0.344 e. The number of ether oxygens (including phenoxy) is 2. The molecule has 2 aromatic carbocycles. The largest absolute Gasteiger partial charge is 0.481 e. The van der Waals surface area contributed by atoms with E-state index in [2.05, 4.69) is 5.32 Å². The highest BCUT2D eigenvalue weighted by Gasteiger charge is 2.20. The maximum atomic E-state index is 11.9. The average Bonchev–Trinajstić information content (AvgIpc) is 2.67. The van der Waals surface area contributed by atoms with E-state index in [4.69, 9.17) is 9.47 Å². The van der Waals surface area contributed by atoms with Crippen LogP contribution in [0.4, 0.5) is 4.79 Å². The molecule has 0 saturated carbocycles. The molecule has 0 fully saturated rings. The van der Waals surface area contributed by atoms with Gasteiger partial charge in [-0.1, -0.05) is 48.5 Å². The number of hydrogen-bond acceptors (Lipinski definition) is 5.